The highest BCUT2D eigenvalue weighted by molar-refractivity contribution is 5.96. The molecule has 1 heterocycles. The van der Waals surface area contributed by atoms with E-state index in [4.69, 9.17) is 4.74 Å². The van der Waals surface area contributed by atoms with Crippen LogP contribution < -0.4 is 0 Å². The van der Waals surface area contributed by atoms with Gasteiger partial charge in [-0.2, -0.15) is 0 Å². The van der Waals surface area contributed by atoms with Crippen molar-refractivity contribution in [3.8, 4) is 0 Å². The Bertz CT molecular complexity index is 398. The molecule has 1 saturated carbocycles. The van der Waals surface area contributed by atoms with Gasteiger partial charge in [-0.3, -0.25) is 4.79 Å². The fourth-order valence-electron chi connectivity index (χ4n) is 2.79. The number of epoxide rings is 1. The van der Waals surface area contributed by atoms with E-state index in [2.05, 4.69) is 0 Å². The van der Waals surface area contributed by atoms with Gasteiger partial charge in [0.1, 0.15) is 5.60 Å². The summed E-state index contributed by atoms with van der Waals surface area (Å²) >= 11 is 0. The van der Waals surface area contributed by atoms with E-state index in [1.807, 2.05) is 30.3 Å². The Morgan fingerprint density at radius 3 is 2.88 bits per heavy atom. The lowest BCUT2D eigenvalue weighted by molar-refractivity contribution is 0.0940. The third-order valence-corrected chi connectivity index (χ3v) is 3.78. The number of benzene rings is 1. The van der Waals surface area contributed by atoms with Gasteiger partial charge in [0.2, 0.25) is 0 Å². The molecular formula is C14H16O2. The number of hydrogen-bond donors (Lipinski definition) is 0. The Kier molecular flexibility index (Phi) is 2.32. The zero-order chi connectivity index (χ0) is 11.0. The summed E-state index contributed by atoms with van der Waals surface area (Å²) in [4.78, 5) is 12.1. The molecule has 0 bridgehead atoms. The highest BCUT2D eigenvalue weighted by atomic mass is 16.6. The van der Waals surface area contributed by atoms with E-state index in [1.165, 1.54) is 12.8 Å². The van der Waals surface area contributed by atoms with Gasteiger partial charge in [-0.15, -0.1) is 0 Å². The summed E-state index contributed by atoms with van der Waals surface area (Å²) in [5, 5.41) is 0. The van der Waals surface area contributed by atoms with Crippen LogP contribution in [-0.2, 0) is 4.74 Å². The highest BCUT2D eigenvalue weighted by Gasteiger charge is 2.57. The molecule has 1 saturated heterocycles. The molecular weight excluding hydrogens is 200 g/mol. The van der Waals surface area contributed by atoms with Crippen LogP contribution in [0.2, 0.25) is 0 Å². The molecule has 2 fully saturated rings. The first-order valence-electron chi connectivity index (χ1n) is 6.06. The largest absolute Gasteiger partial charge is 0.366 e. The van der Waals surface area contributed by atoms with Crippen molar-refractivity contribution in [2.75, 3.05) is 0 Å². The van der Waals surface area contributed by atoms with Crippen LogP contribution >= 0.6 is 0 Å². The summed E-state index contributed by atoms with van der Waals surface area (Å²) in [6, 6.07) is 9.54. The average Bonchev–Trinajstić information content (AvgIpc) is 3.04. The number of ether oxygens (including phenoxy) is 1. The Labute approximate surface area is 95.6 Å². The molecule has 1 aliphatic heterocycles. The van der Waals surface area contributed by atoms with Gasteiger partial charge in [0.05, 0.1) is 6.10 Å². The van der Waals surface area contributed by atoms with Crippen molar-refractivity contribution in [1.29, 1.82) is 0 Å². The number of rotatable bonds is 3. The molecule has 16 heavy (non-hydrogen) atoms. The molecule has 1 aromatic rings. The summed E-state index contributed by atoms with van der Waals surface area (Å²) in [6.07, 6.45) is 5.61. The van der Waals surface area contributed by atoms with Gasteiger partial charge in [0.25, 0.3) is 0 Å². The van der Waals surface area contributed by atoms with Gasteiger partial charge < -0.3 is 4.74 Å². The van der Waals surface area contributed by atoms with Crippen LogP contribution in [0.5, 0.6) is 0 Å². The lowest BCUT2D eigenvalue weighted by Gasteiger charge is -2.16. The predicted octanol–water partition coefficient (Wildman–Crippen LogP) is 2.97. The first kappa shape index (κ1) is 10.0. The molecule has 2 aliphatic rings. The van der Waals surface area contributed by atoms with Gasteiger partial charge >= 0.3 is 0 Å². The van der Waals surface area contributed by atoms with E-state index in [0.29, 0.717) is 12.5 Å². The third-order valence-electron chi connectivity index (χ3n) is 3.78. The van der Waals surface area contributed by atoms with Gasteiger partial charge in [-0.25, -0.2) is 0 Å². The number of fused-ring (bicyclic) bond motifs is 1. The molecule has 0 amide bonds. The number of ketones is 1. The van der Waals surface area contributed by atoms with E-state index in [1.54, 1.807) is 0 Å². The maximum Gasteiger partial charge on any atom is 0.165 e. The van der Waals surface area contributed by atoms with E-state index in [0.717, 1.165) is 18.4 Å². The van der Waals surface area contributed by atoms with Crippen LogP contribution in [0.1, 0.15) is 42.5 Å². The van der Waals surface area contributed by atoms with Crippen molar-refractivity contribution in [2.45, 2.75) is 43.8 Å². The smallest absolute Gasteiger partial charge is 0.165 e. The van der Waals surface area contributed by atoms with Crippen molar-refractivity contribution >= 4 is 5.78 Å². The molecule has 0 N–H and O–H groups in total. The molecule has 0 unspecified atom stereocenters. The van der Waals surface area contributed by atoms with Gasteiger partial charge in [-0.1, -0.05) is 43.2 Å². The zero-order valence-corrected chi connectivity index (χ0v) is 9.32. The summed E-state index contributed by atoms with van der Waals surface area (Å²) < 4.78 is 5.74. The van der Waals surface area contributed by atoms with Crippen molar-refractivity contribution in [1.82, 2.24) is 0 Å². The molecule has 2 nitrogen and oxygen atoms in total. The van der Waals surface area contributed by atoms with Crippen molar-refractivity contribution in [3.63, 3.8) is 0 Å². The summed E-state index contributed by atoms with van der Waals surface area (Å²) in [5.74, 6) is 0.227. The minimum Gasteiger partial charge on any atom is -0.366 e. The quantitative estimate of drug-likeness (QED) is 0.574. The van der Waals surface area contributed by atoms with Crippen molar-refractivity contribution < 1.29 is 9.53 Å². The van der Waals surface area contributed by atoms with Crippen LogP contribution in [0.3, 0.4) is 0 Å². The SMILES string of the molecule is O=C(C[C@]12CCCC[C@H]1O2)c1ccccc1. The van der Waals surface area contributed by atoms with Crippen molar-refractivity contribution in [3.05, 3.63) is 35.9 Å². The first-order chi connectivity index (χ1) is 7.80. The second kappa shape index (κ2) is 3.70. The zero-order valence-electron chi connectivity index (χ0n) is 9.32. The fourth-order valence-corrected chi connectivity index (χ4v) is 2.79. The Morgan fingerprint density at radius 1 is 1.31 bits per heavy atom. The molecule has 3 rings (SSSR count). The Morgan fingerprint density at radius 2 is 2.12 bits per heavy atom. The van der Waals surface area contributed by atoms with Crippen LogP contribution in [0, 0.1) is 0 Å². The topological polar surface area (TPSA) is 29.6 Å². The standard InChI is InChI=1S/C14H16O2/c15-12(11-6-2-1-3-7-11)10-14-9-5-4-8-13(14)16-14/h1-3,6-7,13H,4-5,8-10H2/t13-,14-/m1/s1. The second-order valence-corrected chi connectivity index (χ2v) is 4.88. The number of Topliss-reactive ketones (excluding diaryl/α,β-unsaturated/α-hetero) is 1. The number of carbonyl (C=O) groups is 1. The third kappa shape index (κ3) is 1.67. The molecule has 84 valence electrons. The van der Waals surface area contributed by atoms with E-state index >= 15 is 0 Å². The van der Waals surface area contributed by atoms with E-state index < -0.39 is 0 Å². The maximum absolute atomic E-state index is 12.1. The van der Waals surface area contributed by atoms with Gasteiger partial charge in [0.15, 0.2) is 5.78 Å². The minimum atomic E-state index is -0.0782. The van der Waals surface area contributed by atoms with Crippen LogP contribution in [0.15, 0.2) is 30.3 Å². The lowest BCUT2D eigenvalue weighted by atomic mass is 9.84. The summed E-state index contributed by atoms with van der Waals surface area (Å²) in [7, 11) is 0. The highest BCUT2D eigenvalue weighted by Crippen LogP contribution is 2.50. The van der Waals surface area contributed by atoms with Gasteiger partial charge in [-0.05, 0) is 12.8 Å². The molecule has 0 spiro atoms. The molecule has 1 aliphatic carbocycles. The fraction of sp³-hybridized carbons (Fsp3) is 0.500. The van der Waals surface area contributed by atoms with Crippen LogP contribution in [-0.4, -0.2) is 17.5 Å². The van der Waals surface area contributed by atoms with Gasteiger partial charge in [0, 0.05) is 12.0 Å². The lowest BCUT2D eigenvalue weighted by Crippen LogP contribution is -2.23. The Hall–Kier alpha value is -1.15. The minimum absolute atomic E-state index is 0.0782. The van der Waals surface area contributed by atoms with E-state index in [-0.39, 0.29) is 11.4 Å². The monoisotopic (exact) mass is 216 g/mol. The van der Waals surface area contributed by atoms with Crippen LogP contribution in [0.25, 0.3) is 0 Å². The number of hydrogen-bond acceptors (Lipinski definition) is 2. The predicted molar refractivity (Wildman–Crippen MR) is 61.5 cm³/mol. The molecule has 2 atom stereocenters. The second-order valence-electron chi connectivity index (χ2n) is 4.88. The molecule has 0 radical (unpaired) electrons. The molecule has 2 heteroatoms. The normalized spacial score (nSPS) is 31.9. The molecule has 1 aromatic carbocycles. The van der Waals surface area contributed by atoms with E-state index in [9.17, 15) is 4.79 Å². The van der Waals surface area contributed by atoms with Crippen LogP contribution in [0.4, 0.5) is 0 Å². The summed E-state index contributed by atoms with van der Waals surface area (Å²) in [5.41, 5.74) is 0.738. The summed E-state index contributed by atoms with van der Waals surface area (Å²) in [6.45, 7) is 0. The van der Waals surface area contributed by atoms with Crippen molar-refractivity contribution in [2.24, 2.45) is 0 Å². The maximum atomic E-state index is 12.1. The Balaban J connectivity index is 1.70. The first-order valence-corrected chi connectivity index (χ1v) is 6.06. The average molecular weight is 216 g/mol. The molecule has 0 aromatic heterocycles. The number of carbonyl (C=O) groups excluding carboxylic acids is 1.